The summed E-state index contributed by atoms with van der Waals surface area (Å²) in [4.78, 5) is 31.1. The molecule has 4 rings (SSSR count). The van der Waals surface area contributed by atoms with E-state index < -0.39 is 24.1 Å². The van der Waals surface area contributed by atoms with Crippen molar-refractivity contribution in [1.29, 1.82) is 0 Å². The Kier molecular flexibility index (Phi) is 5.20. The molecular formula is C20H21FN4O4. The number of nitrogens with one attached hydrogen (secondary N) is 1. The summed E-state index contributed by atoms with van der Waals surface area (Å²) >= 11 is 0. The largest absolute Gasteiger partial charge is 0.450 e. The van der Waals surface area contributed by atoms with Gasteiger partial charge in [-0.05, 0) is 36.8 Å². The predicted octanol–water partition coefficient (Wildman–Crippen LogP) is 2.81. The number of hydrogen-bond donors (Lipinski definition) is 1. The van der Waals surface area contributed by atoms with Crippen molar-refractivity contribution >= 4 is 23.6 Å². The van der Waals surface area contributed by atoms with E-state index in [-0.39, 0.29) is 19.7 Å². The number of halogens is 1. The number of hydrogen-bond acceptors (Lipinski definition) is 6. The number of carbonyl (C=O) groups excluding carboxylic acids is 2. The summed E-state index contributed by atoms with van der Waals surface area (Å²) in [7, 11) is 0. The van der Waals surface area contributed by atoms with Crippen LogP contribution in [0.3, 0.4) is 0 Å². The van der Waals surface area contributed by atoms with Crippen LogP contribution < -0.4 is 15.1 Å². The molecule has 9 heteroatoms. The van der Waals surface area contributed by atoms with Gasteiger partial charge in [-0.1, -0.05) is 6.07 Å². The van der Waals surface area contributed by atoms with Crippen molar-refractivity contribution < 1.29 is 23.5 Å². The molecule has 8 nitrogen and oxygen atoms in total. The number of pyridine rings is 1. The molecule has 1 aromatic carbocycles. The van der Waals surface area contributed by atoms with E-state index in [0.717, 1.165) is 11.3 Å². The average molecular weight is 400 g/mol. The molecule has 3 heterocycles. The maximum Gasteiger partial charge on any atom is 0.414 e. The second-order valence-electron chi connectivity index (χ2n) is 6.82. The third-order valence-corrected chi connectivity index (χ3v) is 4.89. The number of rotatable bonds is 5. The minimum absolute atomic E-state index is 0.126. The minimum atomic E-state index is -0.578. The second kappa shape index (κ2) is 7.94. The van der Waals surface area contributed by atoms with Gasteiger partial charge in [0.15, 0.2) is 0 Å². The molecule has 0 unspecified atom stereocenters. The molecular weight excluding hydrogens is 379 g/mol. The fourth-order valence-electron chi connectivity index (χ4n) is 3.51. The van der Waals surface area contributed by atoms with E-state index in [4.69, 9.17) is 9.47 Å². The van der Waals surface area contributed by atoms with Crippen LogP contribution in [0.15, 0.2) is 36.5 Å². The van der Waals surface area contributed by atoms with Gasteiger partial charge in [0.2, 0.25) is 0 Å². The van der Waals surface area contributed by atoms with E-state index in [1.165, 1.54) is 11.0 Å². The molecule has 0 spiro atoms. The van der Waals surface area contributed by atoms with Crippen molar-refractivity contribution in [2.45, 2.75) is 26.1 Å². The van der Waals surface area contributed by atoms with E-state index in [1.54, 1.807) is 25.3 Å². The van der Waals surface area contributed by atoms with Crippen LogP contribution in [0.4, 0.5) is 25.4 Å². The molecule has 29 heavy (non-hydrogen) atoms. The van der Waals surface area contributed by atoms with Crippen LogP contribution in [0.2, 0.25) is 0 Å². The molecule has 2 aliphatic rings. The Balaban J connectivity index is 1.42. The molecule has 1 atom stereocenters. The molecule has 1 fully saturated rings. The van der Waals surface area contributed by atoms with Gasteiger partial charge < -0.3 is 19.7 Å². The third-order valence-electron chi connectivity index (χ3n) is 4.89. The normalized spacial score (nSPS) is 17.9. The minimum Gasteiger partial charge on any atom is -0.450 e. The first-order valence-electron chi connectivity index (χ1n) is 9.41. The van der Waals surface area contributed by atoms with Gasteiger partial charge in [-0.25, -0.2) is 14.0 Å². The smallest absolute Gasteiger partial charge is 0.414 e. The first kappa shape index (κ1) is 19.0. The molecule has 0 aliphatic carbocycles. The fourth-order valence-corrected chi connectivity index (χ4v) is 3.51. The molecule has 1 saturated heterocycles. The summed E-state index contributed by atoms with van der Waals surface area (Å²) < 4.78 is 24.8. The summed E-state index contributed by atoms with van der Waals surface area (Å²) in [6, 6.07) is 8.53. The average Bonchev–Trinajstić information content (AvgIpc) is 3.29. The lowest BCUT2D eigenvalue weighted by molar-refractivity contribution is 0.127. The molecule has 1 N–H and O–H groups in total. The number of carbonyl (C=O) groups is 2. The van der Waals surface area contributed by atoms with Gasteiger partial charge in [0.05, 0.1) is 43.3 Å². The van der Waals surface area contributed by atoms with Crippen LogP contribution >= 0.6 is 0 Å². The van der Waals surface area contributed by atoms with Gasteiger partial charge >= 0.3 is 12.2 Å². The predicted molar refractivity (Wildman–Crippen MR) is 103 cm³/mol. The standard InChI is InChI=1S/C20H21FN4O4/c1-2-28-19(26)23-9-15-11-25(20(27)29-15)14-5-6-18(16(21)8-14)24-10-13-4-3-7-22-17(13)12-24/h3-8,15H,2,9-12H2,1H3,(H,23,26)/t15-/m0/s1. The van der Waals surface area contributed by atoms with E-state index >= 15 is 0 Å². The topological polar surface area (TPSA) is 84.0 Å². The molecule has 0 bridgehead atoms. The summed E-state index contributed by atoms with van der Waals surface area (Å²) in [6.45, 7) is 3.43. The van der Waals surface area contributed by atoms with Crippen LogP contribution in [0.1, 0.15) is 18.2 Å². The van der Waals surface area contributed by atoms with Crippen LogP contribution in [-0.2, 0) is 22.6 Å². The Hall–Kier alpha value is -3.36. The summed E-state index contributed by atoms with van der Waals surface area (Å²) in [5.41, 5.74) is 2.89. The van der Waals surface area contributed by atoms with E-state index in [2.05, 4.69) is 10.3 Å². The zero-order chi connectivity index (χ0) is 20.4. The summed E-state index contributed by atoms with van der Waals surface area (Å²) in [5, 5.41) is 2.53. The number of ether oxygens (including phenoxy) is 2. The highest BCUT2D eigenvalue weighted by molar-refractivity contribution is 5.90. The summed E-state index contributed by atoms with van der Waals surface area (Å²) in [5.74, 6) is -0.420. The zero-order valence-corrected chi connectivity index (χ0v) is 15.9. The van der Waals surface area contributed by atoms with Crippen LogP contribution in [-0.4, -0.2) is 43.0 Å². The van der Waals surface area contributed by atoms with Crippen molar-refractivity contribution in [2.24, 2.45) is 0 Å². The lowest BCUT2D eigenvalue weighted by Crippen LogP contribution is -2.35. The van der Waals surface area contributed by atoms with Crippen LogP contribution in [0.25, 0.3) is 0 Å². The van der Waals surface area contributed by atoms with Gasteiger partial charge in [-0.15, -0.1) is 0 Å². The molecule has 152 valence electrons. The zero-order valence-electron chi connectivity index (χ0n) is 15.9. The van der Waals surface area contributed by atoms with Crippen LogP contribution in [0.5, 0.6) is 0 Å². The second-order valence-corrected chi connectivity index (χ2v) is 6.82. The van der Waals surface area contributed by atoms with Crippen molar-refractivity contribution in [1.82, 2.24) is 10.3 Å². The van der Waals surface area contributed by atoms with Gasteiger partial charge in [0, 0.05) is 12.7 Å². The molecule has 0 radical (unpaired) electrons. The van der Waals surface area contributed by atoms with E-state index in [1.807, 2.05) is 17.0 Å². The maximum absolute atomic E-state index is 14.8. The van der Waals surface area contributed by atoms with E-state index in [9.17, 15) is 14.0 Å². The lowest BCUT2D eigenvalue weighted by atomic mass is 10.2. The number of benzene rings is 1. The first-order chi connectivity index (χ1) is 14.0. The quantitative estimate of drug-likeness (QED) is 0.831. The lowest BCUT2D eigenvalue weighted by Gasteiger charge is -2.20. The molecule has 0 saturated carbocycles. The molecule has 2 aliphatic heterocycles. The number of nitrogens with zero attached hydrogens (tertiary/aromatic N) is 3. The highest BCUT2D eigenvalue weighted by Crippen LogP contribution is 2.32. The number of alkyl carbamates (subject to hydrolysis) is 1. The number of aromatic nitrogens is 1. The van der Waals surface area contributed by atoms with Crippen molar-refractivity contribution in [3.05, 3.63) is 53.6 Å². The molecule has 1 aromatic heterocycles. The van der Waals surface area contributed by atoms with Crippen molar-refractivity contribution in [3.63, 3.8) is 0 Å². The summed E-state index contributed by atoms with van der Waals surface area (Å²) in [6.07, 6.45) is 0.0476. The van der Waals surface area contributed by atoms with Crippen LogP contribution in [0, 0.1) is 5.82 Å². The molecule has 2 aromatic rings. The van der Waals surface area contributed by atoms with Gasteiger partial charge in [-0.3, -0.25) is 9.88 Å². The van der Waals surface area contributed by atoms with Gasteiger partial charge in [-0.2, -0.15) is 0 Å². The monoisotopic (exact) mass is 400 g/mol. The maximum atomic E-state index is 14.8. The highest BCUT2D eigenvalue weighted by atomic mass is 19.1. The Morgan fingerprint density at radius 2 is 2.24 bits per heavy atom. The number of fused-ring (bicyclic) bond motifs is 1. The molecule has 2 amide bonds. The highest BCUT2D eigenvalue weighted by Gasteiger charge is 2.33. The Morgan fingerprint density at radius 3 is 3.00 bits per heavy atom. The number of cyclic esters (lactones) is 1. The van der Waals surface area contributed by atoms with E-state index in [0.29, 0.717) is 24.5 Å². The van der Waals surface area contributed by atoms with Crippen molar-refractivity contribution in [2.75, 3.05) is 29.5 Å². The third kappa shape index (κ3) is 3.94. The van der Waals surface area contributed by atoms with Gasteiger partial charge in [0.25, 0.3) is 0 Å². The Labute approximate surface area is 167 Å². The fraction of sp³-hybridized carbons (Fsp3) is 0.350. The Bertz CT molecular complexity index is 913. The SMILES string of the molecule is CCOC(=O)NC[C@H]1CN(c2ccc(N3Cc4cccnc4C3)c(F)c2)C(=O)O1. The Morgan fingerprint density at radius 1 is 1.38 bits per heavy atom. The van der Waals surface area contributed by atoms with Gasteiger partial charge in [0.1, 0.15) is 11.9 Å². The number of amides is 2. The number of anilines is 2. The van der Waals surface area contributed by atoms with Crippen molar-refractivity contribution in [3.8, 4) is 0 Å². The first-order valence-corrected chi connectivity index (χ1v) is 9.41.